The lowest BCUT2D eigenvalue weighted by atomic mass is 10.4. The molecule has 2 aromatic heterocycles. The van der Waals surface area contributed by atoms with Crippen molar-refractivity contribution < 1.29 is 14.0 Å². The van der Waals surface area contributed by atoms with Gasteiger partial charge in [0, 0.05) is 13.0 Å². The first-order valence-corrected chi connectivity index (χ1v) is 8.89. The van der Waals surface area contributed by atoms with E-state index in [0.717, 1.165) is 18.7 Å². The van der Waals surface area contributed by atoms with Crippen molar-refractivity contribution in [1.29, 1.82) is 0 Å². The summed E-state index contributed by atoms with van der Waals surface area (Å²) in [6.07, 6.45) is 3.70. The van der Waals surface area contributed by atoms with Crippen molar-refractivity contribution in [3.8, 4) is 0 Å². The van der Waals surface area contributed by atoms with Crippen molar-refractivity contribution in [2.75, 3.05) is 25.2 Å². The molecule has 0 unspecified atom stereocenters. The molecule has 2 amide bonds. The summed E-state index contributed by atoms with van der Waals surface area (Å²) in [5.74, 6) is 7.46. The molecule has 0 atom stereocenters. The average Bonchev–Trinajstić information content (AvgIpc) is 3.16. The summed E-state index contributed by atoms with van der Waals surface area (Å²) in [6.45, 7) is 0.269. The number of carbonyl (C=O) groups is 2. The first-order valence-electron chi connectivity index (χ1n) is 7.91. The Kier molecular flexibility index (Phi) is 5.27. The minimum absolute atomic E-state index is 0.0251. The molecular weight excluding hydrogens is 344 g/mol. The number of amides is 2. The van der Waals surface area contributed by atoms with Crippen molar-refractivity contribution in [3.05, 3.63) is 30.0 Å². The molecule has 0 aromatic carbocycles. The fourth-order valence-corrected chi connectivity index (χ4v) is 3.01. The number of rotatable bonds is 8. The number of nitrogens with two attached hydrogens (primary N) is 1. The number of nitrogen functional groups attached to an aromatic ring is 1. The minimum atomic E-state index is -0.254. The van der Waals surface area contributed by atoms with Crippen molar-refractivity contribution in [2.45, 2.75) is 30.5 Å². The third-order valence-electron chi connectivity index (χ3n) is 3.80. The maximum atomic E-state index is 12.2. The second-order valence-electron chi connectivity index (χ2n) is 5.88. The van der Waals surface area contributed by atoms with Gasteiger partial charge < -0.3 is 20.5 Å². The summed E-state index contributed by atoms with van der Waals surface area (Å²) in [7, 11) is 1.58. The molecule has 3 rings (SSSR count). The Hall–Kier alpha value is -2.49. The Morgan fingerprint density at radius 2 is 2.28 bits per heavy atom. The van der Waals surface area contributed by atoms with Gasteiger partial charge in [-0.2, -0.15) is 0 Å². The Bertz CT molecular complexity index is 741. The summed E-state index contributed by atoms with van der Waals surface area (Å²) in [5.41, 5.74) is 0. The molecule has 1 aliphatic carbocycles. The maximum Gasteiger partial charge on any atom is 0.239 e. The predicted octanol–water partition coefficient (Wildman–Crippen LogP) is 0.329. The van der Waals surface area contributed by atoms with Gasteiger partial charge in [-0.25, -0.2) is 4.68 Å². The van der Waals surface area contributed by atoms with Crippen LogP contribution in [0.5, 0.6) is 0 Å². The van der Waals surface area contributed by atoms with Gasteiger partial charge in [0.1, 0.15) is 5.76 Å². The Balaban J connectivity index is 1.42. The number of aromatic nitrogens is 3. The van der Waals surface area contributed by atoms with E-state index >= 15 is 0 Å². The van der Waals surface area contributed by atoms with Gasteiger partial charge >= 0.3 is 0 Å². The number of hydrogen-bond donors (Lipinski definition) is 2. The van der Waals surface area contributed by atoms with Gasteiger partial charge in [-0.15, -0.1) is 10.2 Å². The topological polar surface area (TPSA) is 119 Å². The van der Waals surface area contributed by atoms with Gasteiger partial charge in [-0.3, -0.25) is 9.59 Å². The fraction of sp³-hybridized carbons (Fsp3) is 0.467. The van der Waals surface area contributed by atoms with E-state index in [9.17, 15) is 9.59 Å². The number of carbonyl (C=O) groups excluding carboxylic acids is 2. The zero-order chi connectivity index (χ0) is 17.8. The molecule has 0 saturated heterocycles. The second kappa shape index (κ2) is 7.60. The number of likely N-dealkylation sites (N-methyl/N-ethyl adjacent to an activating group) is 1. The van der Waals surface area contributed by atoms with Crippen LogP contribution in [0.4, 0.5) is 0 Å². The van der Waals surface area contributed by atoms with Gasteiger partial charge in [-0.1, -0.05) is 11.8 Å². The SMILES string of the molecule is CN(CC(=O)NCc1ccco1)C(=O)CSc1nnc(C2CC2)n1N. The summed E-state index contributed by atoms with van der Waals surface area (Å²) in [6, 6.07) is 3.52. The van der Waals surface area contributed by atoms with Gasteiger partial charge in [0.05, 0.1) is 25.1 Å². The molecule has 0 spiro atoms. The van der Waals surface area contributed by atoms with E-state index < -0.39 is 0 Å². The monoisotopic (exact) mass is 364 g/mol. The lowest BCUT2D eigenvalue weighted by Crippen LogP contribution is -2.38. The summed E-state index contributed by atoms with van der Waals surface area (Å²) in [5, 5.41) is 11.3. The number of furan rings is 1. The van der Waals surface area contributed by atoms with E-state index in [2.05, 4.69) is 15.5 Å². The molecular formula is C15H20N6O3S. The van der Waals surface area contributed by atoms with E-state index in [0.29, 0.717) is 23.4 Å². The molecule has 1 aliphatic rings. The largest absolute Gasteiger partial charge is 0.467 e. The lowest BCUT2D eigenvalue weighted by molar-refractivity contribution is -0.132. The van der Waals surface area contributed by atoms with Crippen molar-refractivity contribution in [1.82, 2.24) is 25.1 Å². The maximum absolute atomic E-state index is 12.2. The van der Waals surface area contributed by atoms with E-state index in [1.165, 1.54) is 21.3 Å². The van der Waals surface area contributed by atoms with Crippen LogP contribution in [-0.4, -0.2) is 50.9 Å². The fourth-order valence-electron chi connectivity index (χ4n) is 2.20. The molecule has 134 valence electrons. The zero-order valence-corrected chi connectivity index (χ0v) is 14.7. The van der Waals surface area contributed by atoms with Gasteiger partial charge in [0.15, 0.2) is 5.82 Å². The molecule has 25 heavy (non-hydrogen) atoms. The first kappa shape index (κ1) is 17.3. The summed E-state index contributed by atoms with van der Waals surface area (Å²) < 4.78 is 6.58. The molecule has 2 aromatic rings. The molecule has 0 bridgehead atoms. The van der Waals surface area contributed by atoms with Crippen LogP contribution < -0.4 is 11.2 Å². The molecule has 1 fully saturated rings. The van der Waals surface area contributed by atoms with Gasteiger partial charge in [0.25, 0.3) is 0 Å². The number of thioether (sulfide) groups is 1. The predicted molar refractivity (Wildman–Crippen MR) is 91.1 cm³/mol. The van der Waals surface area contributed by atoms with Crippen molar-refractivity contribution in [3.63, 3.8) is 0 Å². The van der Waals surface area contributed by atoms with Crippen LogP contribution in [-0.2, 0) is 16.1 Å². The highest BCUT2D eigenvalue weighted by atomic mass is 32.2. The smallest absolute Gasteiger partial charge is 0.239 e. The van der Waals surface area contributed by atoms with Crippen molar-refractivity contribution >= 4 is 23.6 Å². The third kappa shape index (κ3) is 4.53. The van der Waals surface area contributed by atoms with Crippen LogP contribution in [0.1, 0.15) is 30.3 Å². The van der Waals surface area contributed by atoms with Crippen LogP contribution in [0.3, 0.4) is 0 Å². The molecule has 3 N–H and O–H groups in total. The Morgan fingerprint density at radius 1 is 1.48 bits per heavy atom. The Morgan fingerprint density at radius 3 is 2.96 bits per heavy atom. The molecule has 2 heterocycles. The standard InChI is InChI=1S/C15H20N6O3S/c1-20(8-12(22)17-7-11-3-2-6-24-11)13(23)9-25-15-19-18-14(21(15)16)10-4-5-10/h2-3,6,10H,4-5,7-9,16H2,1H3,(H,17,22). The molecule has 9 nitrogen and oxygen atoms in total. The molecule has 10 heteroatoms. The number of nitrogens with zero attached hydrogens (tertiary/aromatic N) is 4. The normalized spacial score (nSPS) is 13.6. The van der Waals surface area contributed by atoms with Crippen LogP contribution in [0.2, 0.25) is 0 Å². The minimum Gasteiger partial charge on any atom is -0.467 e. The quantitative estimate of drug-likeness (QED) is 0.512. The lowest BCUT2D eigenvalue weighted by Gasteiger charge is -2.16. The van der Waals surface area contributed by atoms with E-state index in [1.54, 1.807) is 25.4 Å². The third-order valence-corrected chi connectivity index (χ3v) is 4.73. The first-order chi connectivity index (χ1) is 12.0. The van der Waals surface area contributed by atoms with E-state index in [1.807, 2.05) is 0 Å². The van der Waals surface area contributed by atoms with Crippen LogP contribution in [0.25, 0.3) is 0 Å². The highest BCUT2D eigenvalue weighted by molar-refractivity contribution is 7.99. The summed E-state index contributed by atoms with van der Waals surface area (Å²) in [4.78, 5) is 25.4. The van der Waals surface area contributed by atoms with Gasteiger partial charge in [0.2, 0.25) is 17.0 Å². The molecule has 0 aliphatic heterocycles. The van der Waals surface area contributed by atoms with E-state index in [4.69, 9.17) is 10.3 Å². The van der Waals surface area contributed by atoms with Crippen LogP contribution in [0, 0.1) is 0 Å². The van der Waals surface area contributed by atoms with Crippen LogP contribution >= 0.6 is 11.8 Å². The molecule has 0 radical (unpaired) electrons. The average molecular weight is 364 g/mol. The highest BCUT2D eigenvalue weighted by Crippen LogP contribution is 2.39. The van der Waals surface area contributed by atoms with E-state index in [-0.39, 0.29) is 24.1 Å². The number of nitrogens with one attached hydrogen (secondary N) is 1. The summed E-state index contributed by atoms with van der Waals surface area (Å²) >= 11 is 1.21. The highest BCUT2D eigenvalue weighted by Gasteiger charge is 2.30. The van der Waals surface area contributed by atoms with Crippen LogP contribution in [0.15, 0.2) is 28.0 Å². The van der Waals surface area contributed by atoms with Crippen molar-refractivity contribution in [2.24, 2.45) is 0 Å². The Labute approximate surface area is 148 Å². The van der Waals surface area contributed by atoms with Gasteiger partial charge in [-0.05, 0) is 25.0 Å². The second-order valence-corrected chi connectivity index (χ2v) is 6.82. The number of hydrogen-bond acceptors (Lipinski definition) is 7. The molecule has 1 saturated carbocycles. The zero-order valence-electron chi connectivity index (χ0n) is 13.8.